The normalized spacial score (nSPS) is 17.8. The maximum atomic E-state index is 13.4. The molecule has 5 heteroatoms. The fraction of sp³-hybridized carbons (Fsp3) is 0.381. The molecule has 1 fully saturated rings. The van der Waals surface area contributed by atoms with Crippen LogP contribution in [0.15, 0.2) is 36.4 Å². The van der Waals surface area contributed by atoms with Gasteiger partial charge in [-0.25, -0.2) is 0 Å². The first kappa shape index (κ1) is 17.1. The summed E-state index contributed by atoms with van der Waals surface area (Å²) in [5, 5.41) is 0. The van der Waals surface area contributed by atoms with E-state index in [1.165, 1.54) is 0 Å². The van der Waals surface area contributed by atoms with Crippen molar-refractivity contribution in [3.05, 3.63) is 58.7 Å². The van der Waals surface area contributed by atoms with Crippen LogP contribution >= 0.6 is 0 Å². The Morgan fingerprint density at radius 1 is 1.08 bits per heavy atom. The Kier molecular flexibility index (Phi) is 4.21. The molecule has 0 atom stereocenters. The highest BCUT2D eigenvalue weighted by molar-refractivity contribution is 6.07. The summed E-state index contributed by atoms with van der Waals surface area (Å²) in [5.41, 5.74) is 4.73. The van der Waals surface area contributed by atoms with Gasteiger partial charge in [-0.3, -0.25) is 4.79 Å². The van der Waals surface area contributed by atoms with E-state index in [2.05, 4.69) is 0 Å². The van der Waals surface area contributed by atoms with E-state index in [1.807, 2.05) is 57.2 Å². The highest BCUT2D eigenvalue weighted by atomic mass is 16.7. The van der Waals surface area contributed by atoms with Crippen molar-refractivity contribution in [1.29, 1.82) is 0 Å². The third kappa shape index (κ3) is 2.42. The van der Waals surface area contributed by atoms with Gasteiger partial charge in [-0.05, 0) is 38.0 Å². The lowest BCUT2D eigenvalue weighted by Crippen LogP contribution is -2.41. The van der Waals surface area contributed by atoms with E-state index >= 15 is 0 Å². The van der Waals surface area contributed by atoms with Crippen molar-refractivity contribution in [2.24, 2.45) is 0 Å². The number of carbonyl (C=O) groups is 1. The Morgan fingerprint density at radius 3 is 2.50 bits per heavy atom. The summed E-state index contributed by atoms with van der Waals surface area (Å²) in [4.78, 5) is 15.2. The molecule has 1 amide bonds. The third-order valence-corrected chi connectivity index (χ3v) is 5.01. The Hall–Kier alpha value is -2.37. The van der Waals surface area contributed by atoms with Gasteiger partial charge in [0.2, 0.25) is 0 Å². The van der Waals surface area contributed by atoms with Gasteiger partial charge in [-0.1, -0.05) is 30.3 Å². The molecule has 2 aliphatic rings. The maximum absolute atomic E-state index is 13.4. The first-order valence-electron chi connectivity index (χ1n) is 8.99. The number of nitrogens with zero attached hydrogens (tertiary/aromatic N) is 1. The molecule has 2 aromatic carbocycles. The van der Waals surface area contributed by atoms with Crippen molar-refractivity contribution in [3.8, 4) is 5.75 Å². The van der Waals surface area contributed by atoms with Crippen LogP contribution in [0, 0.1) is 13.8 Å². The van der Waals surface area contributed by atoms with Gasteiger partial charge in [0, 0.05) is 11.1 Å². The molecule has 26 heavy (non-hydrogen) atoms. The van der Waals surface area contributed by atoms with Crippen molar-refractivity contribution in [2.45, 2.75) is 33.1 Å². The Bertz CT molecular complexity index is 855. The summed E-state index contributed by atoms with van der Waals surface area (Å²) in [6.45, 7) is 7.80. The van der Waals surface area contributed by atoms with Crippen molar-refractivity contribution in [3.63, 3.8) is 0 Å². The van der Waals surface area contributed by atoms with Crippen molar-refractivity contribution in [1.82, 2.24) is 0 Å². The van der Waals surface area contributed by atoms with Crippen LogP contribution in [0.3, 0.4) is 0 Å². The van der Waals surface area contributed by atoms with Gasteiger partial charge in [0.1, 0.15) is 5.75 Å². The standard InChI is InChI=1S/C21H23NO4/c1-4-24-17-8-6-5-7-16(17)13-22-19-15(3)10-9-14(2)18(19)21(20(22)23)25-11-12-26-21/h5-10H,4,11-13H2,1-3H3. The molecule has 5 nitrogen and oxygen atoms in total. The molecular formula is C21H23NO4. The fourth-order valence-corrected chi connectivity index (χ4v) is 3.88. The molecule has 1 saturated heterocycles. The van der Waals surface area contributed by atoms with Crippen LogP contribution < -0.4 is 9.64 Å². The molecule has 2 aliphatic heterocycles. The minimum atomic E-state index is -1.30. The van der Waals surface area contributed by atoms with Gasteiger partial charge in [0.25, 0.3) is 11.7 Å². The molecule has 1 spiro atoms. The summed E-state index contributed by atoms with van der Waals surface area (Å²) >= 11 is 0. The van der Waals surface area contributed by atoms with Gasteiger partial charge in [-0.15, -0.1) is 0 Å². The van der Waals surface area contributed by atoms with Crippen LogP contribution in [0.1, 0.15) is 29.2 Å². The molecule has 0 N–H and O–H groups in total. The van der Waals surface area contributed by atoms with Crippen LogP contribution in [0.5, 0.6) is 5.75 Å². The number of hydrogen-bond acceptors (Lipinski definition) is 4. The lowest BCUT2D eigenvalue weighted by atomic mass is 9.98. The second kappa shape index (κ2) is 6.41. The predicted octanol–water partition coefficient (Wildman–Crippen LogP) is 3.45. The highest BCUT2D eigenvalue weighted by Crippen LogP contribution is 2.49. The van der Waals surface area contributed by atoms with Gasteiger partial charge < -0.3 is 19.1 Å². The molecule has 0 saturated carbocycles. The quantitative estimate of drug-likeness (QED) is 0.845. The molecule has 0 aromatic heterocycles. The van der Waals surface area contributed by atoms with E-state index in [0.29, 0.717) is 26.4 Å². The second-order valence-electron chi connectivity index (χ2n) is 6.67. The largest absolute Gasteiger partial charge is 0.494 e. The number of hydrogen-bond donors (Lipinski definition) is 0. The zero-order valence-electron chi connectivity index (χ0n) is 15.4. The molecule has 136 valence electrons. The van der Waals surface area contributed by atoms with Crippen LogP contribution in [-0.2, 0) is 26.6 Å². The van der Waals surface area contributed by atoms with Gasteiger partial charge >= 0.3 is 0 Å². The first-order valence-corrected chi connectivity index (χ1v) is 8.99. The molecule has 4 rings (SSSR count). The van der Waals surface area contributed by atoms with Crippen LogP contribution in [0.4, 0.5) is 5.69 Å². The summed E-state index contributed by atoms with van der Waals surface area (Å²) < 4.78 is 17.5. The number of ether oxygens (including phenoxy) is 3. The highest BCUT2D eigenvalue weighted by Gasteiger charge is 2.57. The number of anilines is 1. The van der Waals surface area contributed by atoms with Gasteiger partial charge in [0.05, 0.1) is 32.1 Å². The lowest BCUT2D eigenvalue weighted by molar-refractivity contribution is -0.181. The molecule has 0 bridgehead atoms. The van der Waals surface area contributed by atoms with Crippen LogP contribution in [0.2, 0.25) is 0 Å². The Balaban J connectivity index is 1.82. The maximum Gasteiger partial charge on any atom is 0.292 e. The SMILES string of the molecule is CCOc1ccccc1CN1C(=O)C2(OCCO2)c2c(C)ccc(C)c21. The van der Waals surface area contributed by atoms with Gasteiger partial charge in [-0.2, -0.15) is 0 Å². The van der Waals surface area contributed by atoms with E-state index in [9.17, 15) is 4.79 Å². The average Bonchev–Trinajstić information content (AvgIpc) is 3.21. The molecule has 0 radical (unpaired) electrons. The Labute approximate surface area is 153 Å². The van der Waals surface area contributed by atoms with Crippen molar-refractivity contribution >= 4 is 11.6 Å². The summed E-state index contributed by atoms with van der Waals surface area (Å²) in [6, 6.07) is 11.9. The number of carbonyl (C=O) groups excluding carboxylic acids is 1. The molecule has 0 unspecified atom stereocenters. The zero-order valence-corrected chi connectivity index (χ0v) is 15.4. The minimum absolute atomic E-state index is 0.159. The number of fused-ring (bicyclic) bond motifs is 2. The Morgan fingerprint density at radius 2 is 1.77 bits per heavy atom. The fourth-order valence-electron chi connectivity index (χ4n) is 3.88. The molecule has 2 heterocycles. The van der Waals surface area contributed by atoms with Gasteiger partial charge in [0.15, 0.2) is 0 Å². The number of aryl methyl sites for hydroxylation is 2. The van der Waals surface area contributed by atoms with Crippen LogP contribution in [0.25, 0.3) is 0 Å². The summed E-state index contributed by atoms with van der Waals surface area (Å²) in [6.07, 6.45) is 0. The summed E-state index contributed by atoms with van der Waals surface area (Å²) in [5.74, 6) is -0.663. The summed E-state index contributed by atoms with van der Waals surface area (Å²) in [7, 11) is 0. The first-order chi connectivity index (χ1) is 12.6. The third-order valence-electron chi connectivity index (χ3n) is 5.01. The number of amides is 1. The molecule has 2 aromatic rings. The van der Waals surface area contributed by atoms with E-state index in [0.717, 1.165) is 33.7 Å². The van der Waals surface area contributed by atoms with E-state index < -0.39 is 5.79 Å². The van der Waals surface area contributed by atoms with Crippen molar-refractivity contribution in [2.75, 3.05) is 24.7 Å². The molecular weight excluding hydrogens is 330 g/mol. The van der Waals surface area contributed by atoms with E-state index in [4.69, 9.17) is 14.2 Å². The monoisotopic (exact) mass is 353 g/mol. The second-order valence-corrected chi connectivity index (χ2v) is 6.67. The van der Waals surface area contributed by atoms with E-state index in [1.54, 1.807) is 4.90 Å². The lowest BCUT2D eigenvalue weighted by Gasteiger charge is -2.23. The predicted molar refractivity (Wildman–Crippen MR) is 98.3 cm³/mol. The zero-order chi connectivity index (χ0) is 18.3. The average molecular weight is 353 g/mol. The molecule has 0 aliphatic carbocycles. The number of para-hydroxylation sites is 1. The number of rotatable bonds is 4. The van der Waals surface area contributed by atoms with Crippen molar-refractivity contribution < 1.29 is 19.0 Å². The number of benzene rings is 2. The van der Waals surface area contributed by atoms with Crippen LogP contribution in [-0.4, -0.2) is 25.7 Å². The minimum Gasteiger partial charge on any atom is -0.494 e. The van der Waals surface area contributed by atoms with E-state index in [-0.39, 0.29) is 5.91 Å². The topological polar surface area (TPSA) is 48.0 Å². The smallest absolute Gasteiger partial charge is 0.292 e.